The second-order valence-electron chi connectivity index (χ2n) is 5.41. The topological polar surface area (TPSA) is 81.7 Å². The molecule has 2 aliphatic rings. The first-order valence-corrected chi connectivity index (χ1v) is 7.13. The average molecular weight is 283 g/mol. The van der Waals surface area contributed by atoms with Crippen LogP contribution in [-0.2, 0) is 23.9 Å². The third-order valence-corrected chi connectivity index (χ3v) is 3.97. The van der Waals surface area contributed by atoms with Crippen molar-refractivity contribution >= 4 is 17.7 Å². The third-order valence-electron chi connectivity index (χ3n) is 3.97. The lowest BCUT2D eigenvalue weighted by atomic mass is 9.83. The van der Waals surface area contributed by atoms with Crippen LogP contribution >= 0.6 is 0 Å². The van der Waals surface area contributed by atoms with E-state index in [1.165, 1.54) is 7.11 Å². The van der Waals surface area contributed by atoms with Crippen molar-refractivity contribution in [1.29, 1.82) is 0 Å². The molecule has 1 N–H and O–H groups in total. The molecule has 112 valence electrons. The molecule has 2 rings (SSSR count). The van der Waals surface area contributed by atoms with Crippen molar-refractivity contribution in [2.24, 2.45) is 5.92 Å². The quantitative estimate of drug-likeness (QED) is 0.763. The molecule has 0 spiro atoms. The number of carbonyl (C=O) groups is 3. The van der Waals surface area contributed by atoms with Crippen molar-refractivity contribution in [3.05, 3.63) is 0 Å². The number of ether oxygens (including phenoxy) is 2. The van der Waals surface area contributed by atoms with Crippen LogP contribution in [0.2, 0.25) is 0 Å². The zero-order chi connectivity index (χ0) is 14.5. The monoisotopic (exact) mass is 283 g/mol. The van der Waals surface area contributed by atoms with E-state index in [-0.39, 0.29) is 17.6 Å². The number of hydrogen-bond donors (Lipinski definition) is 1. The highest BCUT2D eigenvalue weighted by Crippen LogP contribution is 2.25. The Morgan fingerprint density at radius 1 is 1.35 bits per heavy atom. The van der Waals surface area contributed by atoms with E-state index in [2.05, 4.69) is 5.32 Å². The van der Waals surface area contributed by atoms with Gasteiger partial charge in [-0.1, -0.05) is 0 Å². The molecule has 1 heterocycles. The van der Waals surface area contributed by atoms with Gasteiger partial charge in [0.25, 0.3) is 0 Å². The molecule has 1 saturated heterocycles. The number of methoxy groups -OCH3 is 1. The first-order valence-electron chi connectivity index (χ1n) is 7.13. The third kappa shape index (κ3) is 3.56. The standard InChI is InChI=1S/C14H21NO5/c1-19-14(18)12(9-4-2-5-10(16)8-9)15-13(17)11-6-3-7-20-11/h9,11-12H,2-8H2,1H3,(H,15,17)/t9-,11-,12-/m1/s1. The minimum Gasteiger partial charge on any atom is -0.467 e. The van der Waals surface area contributed by atoms with Crippen molar-refractivity contribution in [3.8, 4) is 0 Å². The molecule has 1 amide bonds. The van der Waals surface area contributed by atoms with Gasteiger partial charge >= 0.3 is 5.97 Å². The lowest BCUT2D eigenvalue weighted by Gasteiger charge is -2.29. The number of Topliss-reactive ketones (excluding diaryl/α,β-unsaturated/α-hetero) is 1. The summed E-state index contributed by atoms with van der Waals surface area (Å²) in [5, 5.41) is 2.71. The van der Waals surface area contributed by atoms with Crippen LogP contribution in [0.4, 0.5) is 0 Å². The number of rotatable bonds is 4. The summed E-state index contributed by atoms with van der Waals surface area (Å²) in [4.78, 5) is 35.5. The van der Waals surface area contributed by atoms with E-state index >= 15 is 0 Å². The van der Waals surface area contributed by atoms with E-state index in [4.69, 9.17) is 9.47 Å². The van der Waals surface area contributed by atoms with Crippen molar-refractivity contribution in [1.82, 2.24) is 5.32 Å². The summed E-state index contributed by atoms with van der Waals surface area (Å²) in [6, 6.07) is -0.749. The molecule has 0 radical (unpaired) electrons. The highest BCUT2D eigenvalue weighted by atomic mass is 16.5. The summed E-state index contributed by atoms with van der Waals surface area (Å²) in [6.07, 6.45) is 3.42. The molecule has 1 saturated carbocycles. The predicted octanol–water partition coefficient (Wildman–Crippen LogP) is 0.582. The molecule has 0 bridgehead atoms. The second-order valence-corrected chi connectivity index (χ2v) is 5.41. The molecule has 0 aromatic rings. The normalized spacial score (nSPS) is 27.9. The van der Waals surface area contributed by atoms with E-state index in [1.807, 2.05) is 0 Å². The van der Waals surface area contributed by atoms with E-state index in [0.29, 0.717) is 25.9 Å². The first-order chi connectivity index (χ1) is 9.61. The van der Waals surface area contributed by atoms with Gasteiger partial charge in [-0.05, 0) is 31.6 Å². The molecule has 1 aliphatic carbocycles. The largest absolute Gasteiger partial charge is 0.467 e. The van der Waals surface area contributed by atoms with Crippen molar-refractivity contribution in [3.63, 3.8) is 0 Å². The molecule has 1 aliphatic heterocycles. The maximum atomic E-state index is 12.1. The number of carbonyl (C=O) groups excluding carboxylic acids is 3. The van der Waals surface area contributed by atoms with E-state index in [9.17, 15) is 14.4 Å². The van der Waals surface area contributed by atoms with Gasteiger partial charge in [0.05, 0.1) is 7.11 Å². The highest BCUT2D eigenvalue weighted by Gasteiger charge is 2.36. The zero-order valence-corrected chi connectivity index (χ0v) is 11.7. The Labute approximate surface area is 118 Å². The molecule has 20 heavy (non-hydrogen) atoms. The minimum absolute atomic E-state index is 0.140. The van der Waals surface area contributed by atoms with Crippen molar-refractivity contribution in [2.45, 2.75) is 50.7 Å². The minimum atomic E-state index is -0.749. The smallest absolute Gasteiger partial charge is 0.328 e. The highest BCUT2D eigenvalue weighted by molar-refractivity contribution is 5.88. The van der Waals surface area contributed by atoms with E-state index in [1.54, 1.807) is 0 Å². The molecular weight excluding hydrogens is 262 g/mol. The van der Waals surface area contributed by atoms with E-state index < -0.39 is 18.1 Å². The van der Waals surface area contributed by atoms with Gasteiger partial charge in [0.1, 0.15) is 17.9 Å². The Morgan fingerprint density at radius 3 is 2.75 bits per heavy atom. The summed E-state index contributed by atoms with van der Waals surface area (Å²) in [7, 11) is 1.29. The maximum Gasteiger partial charge on any atom is 0.328 e. The molecule has 6 heteroatoms. The number of esters is 1. The van der Waals surface area contributed by atoms with Gasteiger partial charge < -0.3 is 14.8 Å². The number of hydrogen-bond acceptors (Lipinski definition) is 5. The van der Waals surface area contributed by atoms with Gasteiger partial charge in [0.15, 0.2) is 0 Å². The van der Waals surface area contributed by atoms with Crippen LogP contribution in [0.15, 0.2) is 0 Å². The predicted molar refractivity (Wildman–Crippen MR) is 69.9 cm³/mol. The summed E-state index contributed by atoms with van der Waals surface area (Å²) in [5.41, 5.74) is 0. The lowest BCUT2D eigenvalue weighted by Crippen LogP contribution is -2.50. The summed E-state index contributed by atoms with van der Waals surface area (Å²) < 4.78 is 10.1. The molecule has 0 aromatic carbocycles. The molecular formula is C14H21NO5. The summed E-state index contributed by atoms with van der Waals surface area (Å²) in [5.74, 6) is -0.803. The lowest BCUT2D eigenvalue weighted by molar-refractivity contribution is -0.149. The van der Waals surface area contributed by atoms with Crippen molar-refractivity contribution in [2.75, 3.05) is 13.7 Å². The van der Waals surface area contributed by atoms with Crippen LogP contribution in [0.3, 0.4) is 0 Å². The Balaban J connectivity index is 2.01. The summed E-state index contributed by atoms with van der Waals surface area (Å²) >= 11 is 0. The second kappa shape index (κ2) is 6.83. The van der Waals surface area contributed by atoms with Gasteiger partial charge in [0, 0.05) is 19.4 Å². The van der Waals surface area contributed by atoms with Crippen LogP contribution in [0, 0.1) is 5.92 Å². The Bertz CT molecular complexity index is 389. The zero-order valence-electron chi connectivity index (χ0n) is 11.7. The fraction of sp³-hybridized carbons (Fsp3) is 0.786. The van der Waals surface area contributed by atoms with Crippen molar-refractivity contribution < 1.29 is 23.9 Å². The molecule has 2 fully saturated rings. The molecule has 6 nitrogen and oxygen atoms in total. The number of ketones is 1. The fourth-order valence-electron chi connectivity index (χ4n) is 2.87. The summed E-state index contributed by atoms with van der Waals surface area (Å²) in [6.45, 7) is 0.572. The molecule has 0 aromatic heterocycles. The number of amides is 1. The first kappa shape index (κ1) is 15.0. The molecule has 0 unspecified atom stereocenters. The SMILES string of the molecule is COC(=O)[C@H](NC(=O)[C@H]1CCCO1)[C@@H]1CCCC(=O)C1. The van der Waals surface area contributed by atoms with Gasteiger partial charge in [-0.3, -0.25) is 9.59 Å². The average Bonchev–Trinajstić information content (AvgIpc) is 2.98. The van der Waals surface area contributed by atoms with Crippen LogP contribution in [0.25, 0.3) is 0 Å². The van der Waals surface area contributed by atoms with Crippen LogP contribution in [0.5, 0.6) is 0 Å². The molecule has 3 atom stereocenters. The van der Waals surface area contributed by atoms with Crippen LogP contribution < -0.4 is 5.32 Å². The Hall–Kier alpha value is -1.43. The van der Waals surface area contributed by atoms with Gasteiger partial charge in [-0.25, -0.2) is 4.79 Å². The van der Waals surface area contributed by atoms with Gasteiger partial charge in [-0.2, -0.15) is 0 Å². The Kier molecular flexibility index (Phi) is 5.11. The Morgan fingerprint density at radius 2 is 2.15 bits per heavy atom. The van der Waals surface area contributed by atoms with Gasteiger partial charge in [0.2, 0.25) is 5.91 Å². The van der Waals surface area contributed by atoms with E-state index in [0.717, 1.165) is 19.3 Å². The maximum absolute atomic E-state index is 12.1. The van der Waals surface area contributed by atoms with Gasteiger partial charge in [-0.15, -0.1) is 0 Å². The fourth-order valence-corrected chi connectivity index (χ4v) is 2.87. The van der Waals surface area contributed by atoms with Crippen LogP contribution in [0.1, 0.15) is 38.5 Å². The van der Waals surface area contributed by atoms with Crippen LogP contribution in [-0.4, -0.2) is 43.5 Å². The number of nitrogens with one attached hydrogen (secondary N) is 1.